The van der Waals surface area contributed by atoms with E-state index in [9.17, 15) is 9.59 Å². The summed E-state index contributed by atoms with van der Waals surface area (Å²) in [7, 11) is 0. The number of rotatable bonds is 5. The molecule has 0 saturated carbocycles. The Kier molecular flexibility index (Phi) is 5.32. The second-order valence-electron chi connectivity index (χ2n) is 5.73. The standard InChI is InChI=1S/C15H21NO5/c1-9-11(5-10(14(18)19)6-12(9)16)7-20-8-13(17)21-15(2,3)4/h5-6H,7-8,16H2,1-4H3,(H,18,19). The number of carboxylic acid groups (broad SMARTS) is 1. The molecule has 0 aromatic heterocycles. The normalized spacial score (nSPS) is 11.2. The van der Waals surface area contributed by atoms with Crippen molar-refractivity contribution in [1.82, 2.24) is 0 Å². The molecule has 116 valence electrons. The number of aromatic carboxylic acids is 1. The Morgan fingerprint density at radius 3 is 2.43 bits per heavy atom. The molecule has 0 spiro atoms. The highest BCUT2D eigenvalue weighted by Gasteiger charge is 2.16. The SMILES string of the molecule is Cc1c(N)cc(C(=O)O)cc1COCC(=O)OC(C)(C)C. The van der Waals surface area contributed by atoms with Gasteiger partial charge in [-0.15, -0.1) is 0 Å². The van der Waals surface area contributed by atoms with Crippen LogP contribution in [0.5, 0.6) is 0 Å². The van der Waals surface area contributed by atoms with E-state index < -0.39 is 17.5 Å². The molecule has 0 fully saturated rings. The summed E-state index contributed by atoms with van der Waals surface area (Å²) in [5.74, 6) is -1.53. The minimum Gasteiger partial charge on any atom is -0.478 e. The monoisotopic (exact) mass is 295 g/mol. The first-order chi connectivity index (χ1) is 9.60. The zero-order valence-electron chi connectivity index (χ0n) is 12.7. The molecule has 6 heteroatoms. The van der Waals surface area contributed by atoms with Crippen LogP contribution in [0.15, 0.2) is 12.1 Å². The predicted molar refractivity (Wildman–Crippen MR) is 78.1 cm³/mol. The number of benzene rings is 1. The van der Waals surface area contributed by atoms with Crippen LogP contribution in [-0.4, -0.2) is 29.3 Å². The van der Waals surface area contributed by atoms with E-state index in [0.29, 0.717) is 11.3 Å². The fraction of sp³-hybridized carbons (Fsp3) is 0.467. The smallest absolute Gasteiger partial charge is 0.335 e. The van der Waals surface area contributed by atoms with E-state index in [1.165, 1.54) is 12.1 Å². The van der Waals surface area contributed by atoms with Gasteiger partial charge in [-0.2, -0.15) is 0 Å². The van der Waals surface area contributed by atoms with Crippen molar-refractivity contribution >= 4 is 17.6 Å². The second kappa shape index (κ2) is 6.58. The van der Waals surface area contributed by atoms with Gasteiger partial charge in [0.05, 0.1) is 12.2 Å². The number of carboxylic acids is 1. The fourth-order valence-electron chi connectivity index (χ4n) is 1.69. The van der Waals surface area contributed by atoms with Gasteiger partial charge in [0.1, 0.15) is 12.2 Å². The van der Waals surface area contributed by atoms with E-state index in [0.717, 1.165) is 5.56 Å². The molecule has 0 saturated heterocycles. The Morgan fingerprint density at radius 1 is 1.29 bits per heavy atom. The van der Waals surface area contributed by atoms with Crippen molar-refractivity contribution in [3.05, 3.63) is 28.8 Å². The van der Waals surface area contributed by atoms with E-state index in [4.69, 9.17) is 20.3 Å². The molecule has 0 heterocycles. The zero-order valence-corrected chi connectivity index (χ0v) is 12.7. The number of nitrogen functional groups attached to an aromatic ring is 1. The highest BCUT2D eigenvalue weighted by atomic mass is 16.6. The average Bonchev–Trinajstić information content (AvgIpc) is 2.31. The summed E-state index contributed by atoms with van der Waals surface area (Å²) >= 11 is 0. The molecule has 21 heavy (non-hydrogen) atoms. The Balaban J connectivity index is 2.67. The summed E-state index contributed by atoms with van der Waals surface area (Å²) < 4.78 is 10.4. The lowest BCUT2D eigenvalue weighted by Crippen LogP contribution is -2.26. The van der Waals surface area contributed by atoms with E-state index in [1.54, 1.807) is 27.7 Å². The lowest BCUT2D eigenvalue weighted by Gasteiger charge is -2.19. The van der Waals surface area contributed by atoms with Gasteiger partial charge in [-0.3, -0.25) is 0 Å². The number of ether oxygens (including phenoxy) is 2. The Bertz CT molecular complexity index is 546. The van der Waals surface area contributed by atoms with Gasteiger partial charge < -0.3 is 20.3 Å². The van der Waals surface area contributed by atoms with Crippen molar-refractivity contribution in [1.29, 1.82) is 0 Å². The first-order valence-electron chi connectivity index (χ1n) is 6.52. The molecule has 1 aromatic rings. The fourth-order valence-corrected chi connectivity index (χ4v) is 1.69. The molecule has 0 bridgehead atoms. The van der Waals surface area contributed by atoms with Crippen molar-refractivity contribution in [3.63, 3.8) is 0 Å². The van der Waals surface area contributed by atoms with Gasteiger partial charge in [0.25, 0.3) is 0 Å². The third-order valence-corrected chi connectivity index (χ3v) is 2.70. The molecule has 0 unspecified atom stereocenters. The second-order valence-corrected chi connectivity index (χ2v) is 5.73. The summed E-state index contributed by atoms with van der Waals surface area (Å²) in [6.45, 7) is 6.97. The van der Waals surface area contributed by atoms with Gasteiger partial charge in [0.2, 0.25) is 0 Å². The maximum Gasteiger partial charge on any atom is 0.335 e. The van der Waals surface area contributed by atoms with Gasteiger partial charge in [0, 0.05) is 5.69 Å². The van der Waals surface area contributed by atoms with Crippen LogP contribution < -0.4 is 5.73 Å². The largest absolute Gasteiger partial charge is 0.478 e. The van der Waals surface area contributed by atoms with Crippen molar-refractivity contribution in [2.75, 3.05) is 12.3 Å². The van der Waals surface area contributed by atoms with Crippen LogP contribution in [0.3, 0.4) is 0 Å². The summed E-state index contributed by atoms with van der Waals surface area (Å²) in [5, 5.41) is 9.00. The van der Waals surface area contributed by atoms with Crippen molar-refractivity contribution < 1.29 is 24.2 Å². The topological polar surface area (TPSA) is 98.9 Å². The molecular formula is C15H21NO5. The van der Waals surface area contributed by atoms with E-state index in [-0.39, 0.29) is 18.8 Å². The molecule has 0 amide bonds. The Labute approximate surface area is 123 Å². The molecule has 1 aromatic carbocycles. The Morgan fingerprint density at radius 2 is 1.90 bits per heavy atom. The number of carbonyl (C=O) groups excluding carboxylic acids is 1. The van der Waals surface area contributed by atoms with Crippen LogP contribution >= 0.6 is 0 Å². The van der Waals surface area contributed by atoms with Gasteiger partial charge in [-0.25, -0.2) is 9.59 Å². The summed E-state index contributed by atoms with van der Waals surface area (Å²) in [5.41, 5.74) is 7.05. The van der Waals surface area contributed by atoms with Crippen LogP contribution in [0, 0.1) is 6.92 Å². The molecule has 0 aliphatic carbocycles. The molecule has 0 aliphatic heterocycles. The third kappa shape index (κ3) is 5.43. The zero-order chi connectivity index (χ0) is 16.2. The maximum absolute atomic E-state index is 11.5. The first-order valence-corrected chi connectivity index (χ1v) is 6.52. The van der Waals surface area contributed by atoms with Gasteiger partial charge >= 0.3 is 11.9 Å². The quantitative estimate of drug-likeness (QED) is 0.637. The first kappa shape index (κ1) is 17.0. The van der Waals surface area contributed by atoms with Crippen LogP contribution in [-0.2, 0) is 20.9 Å². The lowest BCUT2D eigenvalue weighted by atomic mass is 10.0. The summed E-state index contributed by atoms with van der Waals surface area (Å²) in [4.78, 5) is 22.5. The van der Waals surface area contributed by atoms with Gasteiger partial charge in [0.15, 0.2) is 0 Å². The number of nitrogens with two attached hydrogens (primary N) is 1. The lowest BCUT2D eigenvalue weighted by molar-refractivity contribution is -0.160. The minimum absolute atomic E-state index is 0.0916. The van der Waals surface area contributed by atoms with Crippen LogP contribution in [0.2, 0.25) is 0 Å². The maximum atomic E-state index is 11.5. The van der Waals surface area contributed by atoms with Crippen molar-refractivity contribution in [3.8, 4) is 0 Å². The molecule has 0 radical (unpaired) electrons. The summed E-state index contributed by atoms with van der Waals surface area (Å²) in [6.07, 6.45) is 0. The van der Waals surface area contributed by atoms with Gasteiger partial charge in [-0.05, 0) is 51.0 Å². The van der Waals surface area contributed by atoms with Crippen molar-refractivity contribution in [2.24, 2.45) is 0 Å². The van der Waals surface area contributed by atoms with Crippen LogP contribution in [0.4, 0.5) is 5.69 Å². The molecule has 0 aliphatic rings. The number of hydrogen-bond acceptors (Lipinski definition) is 5. The molecule has 6 nitrogen and oxygen atoms in total. The molecule has 0 atom stereocenters. The number of carbonyl (C=O) groups is 2. The molecule has 1 rings (SSSR count). The average molecular weight is 295 g/mol. The van der Waals surface area contributed by atoms with E-state index in [1.807, 2.05) is 0 Å². The number of hydrogen-bond donors (Lipinski definition) is 2. The molecular weight excluding hydrogens is 274 g/mol. The third-order valence-electron chi connectivity index (χ3n) is 2.70. The van der Waals surface area contributed by atoms with Crippen LogP contribution in [0.25, 0.3) is 0 Å². The number of anilines is 1. The highest BCUT2D eigenvalue weighted by Crippen LogP contribution is 2.20. The van der Waals surface area contributed by atoms with E-state index in [2.05, 4.69) is 0 Å². The highest BCUT2D eigenvalue weighted by molar-refractivity contribution is 5.89. The predicted octanol–water partition coefficient (Wildman–Crippen LogP) is 2.13. The van der Waals surface area contributed by atoms with Crippen LogP contribution in [0.1, 0.15) is 42.3 Å². The minimum atomic E-state index is -1.06. The molecule has 3 N–H and O–H groups in total. The van der Waals surface area contributed by atoms with E-state index >= 15 is 0 Å². The number of esters is 1. The van der Waals surface area contributed by atoms with Gasteiger partial charge in [-0.1, -0.05) is 0 Å². The summed E-state index contributed by atoms with van der Waals surface area (Å²) in [6, 6.07) is 2.89. The Hall–Kier alpha value is -2.08. The van der Waals surface area contributed by atoms with Crippen molar-refractivity contribution in [2.45, 2.75) is 39.9 Å².